The summed E-state index contributed by atoms with van der Waals surface area (Å²) in [6.45, 7) is 4.13. The van der Waals surface area contributed by atoms with Gasteiger partial charge in [-0.25, -0.2) is 13.4 Å². The van der Waals surface area contributed by atoms with Gasteiger partial charge in [-0.05, 0) is 55.3 Å². The average Bonchev–Trinajstić information content (AvgIpc) is 3.09. The van der Waals surface area contributed by atoms with Crippen LogP contribution in [-0.2, 0) is 10.0 Å². The van der Waals surface area contributed by atoms with E-state index in [0.717, 1.165) is 17.1 Å². The molecule has 0 atom stereocenters. The number of carbonyl (C=O) groups is 1. The number of hydrogen-bond donors (Lipinski definition) is 1. The van der Waals surface area contributed by atoms with Crippen molar-refractivity contribution in [1.82, 2.24) is 9.55 Å². The molecule has 0 fully saturated rings. The van der Waals surface area contributed by atoms with Gasteiger partial charge < -0.3 is 0 Å². The van der Waals surface area contributed by atoms with Gasteiger partial charge in [0.25, 0.3) is 0 Å². The molecule has 0 bridgehead atoms. The minimum absolute atomic E-state index is 0.0496. The van der Waals surface area contributed by atoms with Crippen LogP contribution < -0.4 is 4.72 Å². The number of aryl methyl sites for hydroxylation is 1. The number of hydrogen-bond acceptors (Lipinski definition) is 5. The first kappa shape index (κ1) is 20.2. The molecule has 1 aromatic heterocycles. The first-order valence-corrected chi connectivity index (χ1v) is 11.5. The summed E-state index contributed by atoms with van der Waals surface area (Å²) < 4.78 is 26.9. The summed E-state index contributed by atoms with van der Waals surface area (Å²) >= 11 is 1.37. The van der Waals surface area contributed by atoms with Gasteiger partial charge in [-0.3, -0.25) is 14.1 Å². The maximum atomic E-state index is 12.5. The summed E-state index contributed by atoms with van der Waals surface area (Å²) in [5.41, 5.74) is 4.36. The Morgan fingerprint density at radius 3 is 2.54 bits per heavy atom. The third kappa shape index (κ3) is 4.82. The fraction of sp³-hybridized carbons (Fsp3) is 0.200. The number of carbonyl (C=O) groups excluding carboxylic acids is 1. The Balaban J connectivity index is 1.71. The van der Waals surface area contributed by atoms with Crippen LogP contribution in [0.1, 0.15) is 21.5 Å². The molecule has 3 rings (SSSR count). The van der Waals surface area contributed by atoms with E-state index in [1.54, 1.807) is 30.5 Å². The van der Waals surface area contributed by atoms with Gasteiger partial charge in [0.1, 0.15) is 0 Å². The second-order valence-electron chi connectivity index (χ2n) is 6.46. The van der Waals surface area contributed by atoms with E-state index in [1.165, 1.54) is 22.9 Å². The molecule has 1 heterocycles. The summed E-state index contributed by atoms with van der Waals surface area (Å²) in [7, 11) is -3.34. The smallest absolute Gasteiger partial charge is 0.229 e. The van der Waals surface area contributed by atoms with Crippen molar-refractivity contribution >= 4 is 33.3 Å². The monoisotopic (exact) mass is 415 g/mol. The van der Waals surface area contributed by atoms with Gasteiger partial charge >= 0.3 is 0 Å². The number of Topliss-reactive ketones (excluding diaryl/α,β-unsaturated/α-hetero) is 1. The zero-order valence-electron chi connectivity index (χ0n) is 15.8. The molecule has 0 radical (unpaired) electrons. The lowest BCUT2D eigenvalue weighted by atomic mass is 10.1. The van der Waals surface area contributed by atoms with Crippen molar-refractivity contribution in [1.29, 1.82) is 0 Å². The van der Waals surface area contributed by atoms with Crippen molar-refractivity contribution in [2.75, 3.05) is 16.7 Å². The molecule has 0 spiro atoms. The second-order valence-corrected chi connectivity index (χ2v) is 9.15. The number of sulfonamides is 1. The number of imidazole rings is 1. The Bertz CT molecular complexity index is 1100. The molecule has 3 aromatic rings. The topological polar surface area (TPSA) is 81.1 Å². The van der Waals surface area contributed by atoms with Gasteiger partial charge in [0.05, 0.1) is 17.7 Å². The van der Waals surface area contributed by atoms with Gasteiger partial charge in [-0.15, -0.1) is 0 Å². The Morgan fingerprint density at radius 2 is 1.86 bits per heavy atom. The van der Waals surface area contributed by atoms with Gasteiger partial charge in [0.2, 0.25) is 10.0 Å². The molecule has 0 saturated heterocycles. The van der Waals surface area contributed by atoms with E-state index < -0.39 is 10.0 Å². The van der Waals surface area contributed by atoms with E-state index in [-0.39, 0.29) is 11.5 Å². The third-order valence-electron chi connectivity index (χ3n) is 4.28. The minimum atomic E-state index is -3.34. The average molecular weight is 416 g/mol. The number of nitrogens with one attached hydrogen (secondary N) is 1. The standard InChI is InChI=1S/C20H21N3O3S2/c1-14-5-4-6-18(15(14)2)23-12-11-21-20(23)27-13-19(24)16-7-9-17(10-8-16)22-28(3,25)26/h4-12,22H,13H2,1-3H3. The van der Waals surface area contributed by atoms with E-state index >= 15 is 0 Å². The van der Waals surface area contributed by atoms with Crippen LogP contribution in [0.4, 0.5) is 5.69 Å². The predicted octanol–water partition coefficient (Wildman–Crippen LogP) is 3.84. The summed E-state index contributed by atoms with van der Waals surface area (Å²) in [4.78, 5) is 16.9. The van der Waals surface area contributed by atoms with E-state index in [4.69, 9.17) is 0 Å². The lowest BCUT2D eigenvalue weighted by Crippen LogP contribution is -2.10. The maximum Gasteiger partial charge on any atom is 0.229 e. The van der Waals surface area contributed by atoms with Crippen molar-refractivity contribution in [2.45, 2.75) is 19.0 Å². The van der Waals surface area contributed by atoms with Gasteiger partial charge in [-0.1, -0.05) is 23.9 Å². The van der Waals surface area contributed by atoms with Gasteiger partial charge in [0, 0.05) is 23.6 Å². The molecule has 6 nitrogen and oxygen atoms in total. The highest BCUT2D eigenvalue weighted by molar-refractivity contribution is 7.99. The second kappa shape index (κ2) is 8.20. The Kier molecular flexibility index (Phi) is 5.90. The van der Waals surface area contributed by atoms with Gasteiger partial charge in [-0.2, -0.15) is 0 Å². The Labute approximate surface area is 169 Å². The van der Waals surface area contributed by atoms with Crippen LogP contribution in [0, 0.1) is 13.8 Å². The normalized spacial score (nSPS) is 11.4. The molecule has 28 heavy (non-hydrogen) atoms. The third-order valence-corrected chi connectivity index (χ3v) is 5.86. The molecule has 8 heteroatoms. The molecule has 0 amide bonds. The van der Waals surface area contributed by atoms with Crippen LogP contribution in [0.15, 0.2) is 60.0 Å². The van der Waals surface area contributed by atoms with Crippen LogP contribution >= 0.6 is 11.8 Å². The number of ketones is 1. The SMILES string of the molecule is Cc1cccc(-n2ccnc2SCC(=O)c2ccc(NS(C)(=O)=O)cc2)c1C. The van der Waals surface area contributed by atoms with Crippen molar-refractivity contribution in [3.63, 3.8) is 0 Å². The van der Waals surface area contributed by atoms with Crippen LogP contribution in [-0.4, -0.2) is 35.8 Å². The molecule has 2 aromatic carbocycles. The molecule has 0 aliphatic heterocycles. The quantitative estimate of drug-likeness (QED) is 0.468. The molecular formula is C20H21N3O3S2. The largest absolute Gasteiger partial charge is 0.295 e. The summed E-state index contributed by atoms with van der Waals surface area (Å²) in [5.74, 6) is 0.187. The molecule has 0 saturated carbocycles. The predicted molar refractivity (Wildman–Crippen MR) is 113 cm³/mol. The number of rotatable bonds is 7. The molecule has 0 aliphatic rings. The van der Waals surface area contributed by atoms with Crippen molar-refractivity contribution in [3.8, 4) is 5.69 Å². The van der Waals surface area contributed by atoms with Gasteiger partial charge in [0.15, 0.2) is 10.9 Å². The number of aromatic nitrogens is 2. The van der Waals surface area contributed by atoms with Crippen molar-refractivity contribution in [3.05, 3.63) is 71.5 Å². The van der Waals surface area contributed by atoms with Crippen molar-refractivity contribution in [2.24, 2.45) is 0 Å². The first-order chi connectivity index (χ1) is 13.2. The fourth-order valence-electron chi connectivity index (χ4n) is 2.73. The Morgan fingerprint density at radius 1 is 1.14 bits per heavy atom. The van der Waals surface area contributed by atoms with Crippen LogP contribution in [0.3, 0.4) is 0 Å². The minimum Gasteiger partial charge on any atom is -0.295 e. The number of benzene rings is 2. The molecule has 0 aliphatic carbocycles. The number of nitrogens with zero attached hydrogens (tertiary/aromatic N) is 2. The summed E-state index contributed by atoms with van der Waals surface area (Å²) in [5, 5.41) is 0.748. The molecule has 146 valence electrons. The van der Waals surface area contributed by atoms with Crippen LogP contribution in [0.5, 0.6) is 0 Å². The van der Waals surface area contributed by atoms with E-state index in [1.807, 2.05) is 22.9 Å². The summed E-state index contributed by atoms with van der Waals surface area (Å²) in [6.07, 6.45) is 4.70. The first-order valence-electron chi connectivity index (χ1n) is 8.58. The highest BCUT2D eigenvalue weighted by atomic mass is 32.2. The molecule has 0 unspecified atom stereocenters. The molecular weight excluding hydrogens is 394 g/mol. The lowest BCUT2D eigenvalue weighted by Gasteiger charge is -2.12. The fourth-order valence-corrected chi connectivity index (χ4v) is 4.15. The zero-order chi connectivity index (χ0) is 20.3. The molecule has 1 N–H and O–H groups in total. The highest BCUT2D eigenvalue weighted by Gasteiger charge is 2.13. The van der Waals surface area contributed by atoms with E-state index in [0.29, 0.717) is 11.3 Å². The highest BCUT2D eigenvalue weighted by Crippen LogP contribution is 2.25. The Hall–Kier alpha value is -2.58. The van der Waals surface area contributed by atoms with E-state index in [2.05, 4.69) is 29.6 Å². The van der Waals surface area contributed by atoms with Crippen molar-refractivity contribution < 1.29 is 13.2 Å². The van der Waals surface area contributed by atoms with E-state index in [9.17, 15) is 13.2 Å². The number of anilines is 1. The number of thioether (sulfide) groups is 1. The maximum absolute atomic E-state index is 12.5. The van der Waals surface area contributed by atoms with Crippen LogP contribution in [0.25, 0.3) is 5.69 Å². The summed E-state index contributed by atoms with van der Waals surface area (Å²) in [6, 6.07) is 12.5. The lowest BCUT2D eigenvalue weighted by molar-refractivity contribution is 0.102. The zero-order valence-corrected chi connectivity index (χ0v) is 17.5. The van der Waals surface area contributed by atoms with Crippen LogP contribution in [0.2, 0.25) is 0 Å².